The number of carboxylic acids is 1. The van der Waals surface area contributed by atoms with Crippen LogP contribution in [0.25, 0.3) is 0 Å². The zero-order valence-electron chi connectivity index (χ0n) is 10.6. The topological polar surface area (TPSA) is 67.8 Å². The molecule has 88 valence electrons. The minimum Gasteiger partial charge on any atom is -0.545 e. The number of hydrogen-bond donors (Lipinski definition) is 0. The van der Waals surface area contributed by atoms with E-state index in [1.54, 1.807) is 6.92 Å². The summed E-state index contributed by atoms with van der Waals surface area (Å²) in [4.78, 5) is 10.9. The minimum atomic E-state index is -1.28. The molecule has 0 N–H and O–H groups in total. The first-order valence-corrected chi connectivity index (χ1v) is 4.57. The van der Waals surface area contributed by atoms with Gasteiger partial charge in [-0.1, -0.05) is 0 Å². The van der Waals surface area contributed by atoms with Crippen molar-refractivity contribution in [2.75, 3.05) is 21.3 Å². The molecule has 0 unspecified atom stereocenters. The normalized spacial score (nSPS) is 9.18. The van der Waals surface area contributed by atoms with E-state index in [9.17, 15) is 9.90 Å². The Morgan fingerprint density at radius 2 is 1.65 bits per heavy atom. The molecular formula is C11H13NaO5. The van der Waals surface area contributed by atoms with Gasteiger partial charge in [0.15, 0.2) is 11.5 Å². The van der Waals surface area contributed by atoms with Gasteiger partial charge in [-0.2, -0.15) is 0 Å². The number of rotatable bonds is 4. The molecule has 0 radical (unpaired) electrons. The maximum atomic E-state index is 10.9. The Labute approximate surface area is 122 Å². The van der Waals surface area contributed by atoms with Crippen LogP contribution in [-0.4, -0.2) is 27.3 Å². The van der Waals surface area contributed by atoms with Crippen molar-refractivity contribution in [2.24, 2.45) is 0 Å². The van der Waals surface area contributed by atoms with Crippen LogP contribution in [0.5, 0.6) is 17.2 Å². The second-order valence-electron chi connectivity index (χ2n) is 3.11. The SMILES string of the molecule is COc1cc(C(=O)[O-])c(C)c(OC)c1OC.[Na+]. The van der Waals surface area contributed by atoms with Crippen molar-refractivity contribution in [3.8, 4) is 17.2 Å². The number of carbonyl (C=O) groups is 1. The molecular weight excluding hydrogens is 235 g/mol. The van der Waals surface area contributed by atoms with Gasteiger partial charge in [-0.15, -0.1) is 0 Å². The number of carbonyl (C=O) groups excluding carboxylic acids is 1. The summed E-state index contributed by atoms with van der Waals surface area (Å²) in [6.07, 6.45) is 0. The Bertz CT molecular complexity index is 417. The molecule has 0 atom stereocenters. The number of aromatic carboxylic acids is 1. The first kappa shape index (κ1) is 16.1. The summed E-state index contributed by atoms with van der Waals surface area (Å²) in [5, 5.41) is 10.9. The molecule has 0 saturated carbocycles. The summed E-state index contributed by atoms with van der Waals surface area (Å²) in [7, 11) is 4.31. The van der Waals surface area contributed by atoms with Crippen LogP contribution < -0.4 is 48.9 Å². The van der Waals surface area contributed by atoms with E-state index in [0.717, 1.165) is 0 Å². The fourth-order valence-corrected chi connectivity index (χ4v) is 1.51. The van der Waals surface area contributed by atoms with Crippen molar-refractivity contribution in [3.05, 3.63) is 17.2 Å². The Morgan fingerprint density at radius 1 is 1.12 bits per heavy atom. The van der Waals surface area contributed by atoms with Crippen molar-refractivity contribution in [1.82, 2.24) is 0 Å². The number of hydrogen-bond acceptors (Lipinski definition) is 5. The van der Waals surface area contributed by atoms with Crippen LogP contribution in [0.4, 0.5) is 0 Å². The molecule has 0 amide bonds. The average molecular weight is 248 g/mol. The molecule has 0 saturated heterocycles. The number of benzene rings is 1. The van der Waals surface area contributed by atoms with Gasteiger partial charge in [0.2, 0.25) is 5.75 Å². The molecule has 0 aromatic heterocycles. The monoisotopic (exact) mass is 248 g/mol. The van der Waals surface area contributed by atoms with Gasteiger partial charge in [0.1, 0.15) is 0 Å². The van der Waals surface area contributed by atoms with Crippen molar-refractivity contribution in [1.29, 1.82) is 0 Å². The van der Waals surface area contributed by atoms with Crippen molar-refractivity contribution < 1.29 is 53.7 Å². The van der Waals surface area contributed by atoms with Gasteiger partial charge in [-0.05, 0) is 13.0 Å². The predicted octanol–water partition coefficient (Wildman–Crippen LogP) is -2.61. The zero-order chi connectivity index (χ0) is 12.3. The van der Waals surface area contributed by atoms with Gasteiger partial charge in [0.05, 0.1) is 27.3 Å². The molecule has 6 heteroatoms. The van der Waals surface area contributed by atoms with Crippen molar-refractivity contribution in [3.63, 3.8) is 0 Å². The van der Waals surface area contributed by atoms with E-state index in [-0.39, 0.29) is 35.1 Å². The van der Waals surface area contributed by atoms with E-state index in [4.69, 9.17) is 14.2 Å². The summed E-state index contributed by atoms with van der Waals surface area (Å²) in [5.74, 6) is -0.283. The largest absolute Gasteiger partial charge is 1.00 e. The Morgan fingerprint density at radius 3 is 2.00 bits per heavy atom. The molecule has 1 aromatic rings. The molecule has 0 aliphatic rings. The van der Waals surface area contributed by atoms with E-state index in [2.05, 4.69) is 0 Å². The smallest absolute Gasteiger partial charge is 0.545 e. The summed E-state index contributed by atoms with van der Waals surface area (Å²) >= 11 is 0. The fraction of sp³-hybridized carbons (Fsp3) is 0.364. The maximum Gasteiger partial charge on any atom is 1.00 e. The summed E-state index contributed by atoms with van der Waals surface area (Å²) in [5.41, 5.74) is 0.467. The first-order chi connectivity index (χ1) is 7.56. The molecule has 17 heavy (non-hydrogen) atoms. The van der Waals surface area contributed by atoms with E-state index < -0.39 is 5.97 Å². The standard InChI is InChI=1S/C11H14O5.Na/c1-6-7(11(12)13)5-8(14-2)10(16-4)9(6)15-3;/h5H,1-4H3,(H,12,13);/q;+1/p-1. The number of carboxylic acid groups (broad SMARTS) is 1. The van der Waals surface area contributed by atoms with Crippen molar-refractivity contribution in [2.45, 2.75) is 6.92 Å². The third-order valence-electron chi connectivity index (χ3n) is 2.30. The maximum absolute atomic E-state index is 10.9. The van der Waals surface area contributed by atoms with E-state index in [1.807, 2.05) is 0 Å². The Kier molecular flexibility index (Phi) is 6.37. The quantitative estimate of drug-likeness (QED) is 0.546. The Hall–Kier alpha value is -0.910. The van der Waals surface area contributed by atoms with Gasteiger partial charge >= 0.3 is 29.6 Å². The van der Waals surface area contributed by atoms with Crippen LogP contribution in [0.15, 0.2) is 6.07 Å². The molecule has 1 rings (SSSR count). The second-order valence-corrected chi connectivity index (χ2v) is 3.11. The van der Waals surface area contributed by atoms with Gasteiger partial charge < -0.3 is 24.1 Å². The molecule has 0 fully saturated rings. The van der Waals surface area contributed by atoms with Crippen LogP contribution in [-0.2, 0) is 0 Å². The van der Waals surface area contributed by atoms with Crippen LogP contribution >= 0.6 is 0 Å². The second kappa shape index (κ2) is 6.74. The number of methoxy groups -OCH3 is 3. The van der Waals surface area contributed by atoms with E-state index in [0.29, 0.717) is 22.8 Å². The molecule has 0 heterocycles. The summed E-state index contributed by atoms with van der Waals surface area (Å²) in [6, 6.07) is 1.35. The molecule has 5 nitrogen and oxygen atoms in total. The van der Waals surface area contributed by atoms with Gasteiger partial charge in [0.25, 0.3) is 0 Å². The molecule has 0 aliphatic heterocycles. The van der Waals surface area contributed by atoms with Gasteiger partial charge in [0, 0.05) is 11.1 Å². The summed E-state index contributed by atoms with van der Waals surface area (Å²) < 4.78 is 15.2. The zero-order valence-corrected chi connectivity index (χ0v) is 12.6. The van der Waals surface area contributed by atoms with E-state index >= 15 is 0 Å². The average Bonchev–Trinajstić information content (AvgIpc) is 2.27. The van der Waals surface area contributed by atoms with Crippen molar-refractivity contribution >= 4 is 5.97 Å². The Balaban J connectivity index is 0.00000256. The first-order valence-electron chi connectivity index (χ1n) is 4.57. The minimum absolute atomic E-state index is 0. The molecule has 0 aliphatic carbocycles. The molecule has 0 bridgehead atoms. The number of ether oxygens (including phenoxy) is 3. The molecule has 0 spiro atoms. The van der Waals surface area contributed by atoms with Crippen LogP contribution in [0, 0.1) is 6.92 Å². The summed E-state index contributed by atoms with van der Waals surface area (Å²) in [6.45, 7) is 1.62. The van der Waals surface area contributed by atoms with E-state index in [1.165, 1.54) is 27.4 Å². The van der Waals surface area contributed by atoms with Crippen LogP contribution in [0.2, 0.25) is 0 Å². The van der Waals surface area contributed by atoms with Gasteiger partial charge in [-0.25, -0.2) is 0 Å². The van der Waals surface area contributed by atoms with Gasteiger partial charge in [-0.3, -0.25) is 0 Å². The van der Waals surface area contributed by atoms with Crippen LogP contribution in [0.3, 0.4) is 0 Å². The van der Waals surface area contributed by atoms with Crippen LogP contribution in [0.1, 0.15) is 15.9 Å². The third-order valence-corrected chi connectivity index (χ3v) is 2.30. The predicted molar refractivity (Wildman–Crippen MR) is 55.2 cm³/mol. The third kappa shape index (κ3) is 3.06. The fourth-order valence-electron chi connectivity index (χ4n) is 1.51. The molecule has 1 aromatic carbocycles.